The summed E-state index contributed by atoms with van der Waals surface area (Å²) >= 11 is 1.86. The smallest absolute Gasteiger partial charge is 0.136 e. The zero-order valence-corrected chi connectivity index (χ0v) is 30.0. The average Bonchev–Trinajstić information content (AvgIpc) is 3.78. The molecule has 12 aromatic rings. The summed E-state index contributed by atoms with van der Waals surface area (Å²) in [4.78, 5) is 0. The van der Waals surface area contributed by atoms with Gasteiger partial charge < -0.3 is 4.42 Å². The van der Waals surface area contributed by atoms with Crippen LogP contribution >= 0.6 is 11.3 Å². The molecule has 0 bridgehead atoms. The molecule has 12 rings (SSSR count). The minimum absolute atomic E-state index is 0.943. The van der Waals surface area contributed by atoms with Crippen LogP contribution in [0, 0.1) is 0 Å². The second-order valence-corrected chi connectivity index (χ2v) is 15.4. The van der Waals surface area contributed by atoms with Crippen molar-refractivity contribution in [3.05, 3.63) is 182 Å². The first kappa shape index (κ1) is 29.8. The van der Waals surface area contributed by atoms with E-state index in [0.717, 1.165) is 11.2 Å². The van der Waals surface area contributed by atoms with E-state index in [9.17, 15) is 0 Å². The van der Waals surface area contributed by atoms with Crippen molar-refractivity contribution in [3.8, 4) is 33.4 Å². The van der Waals surface area contributed by atoms with E-state index in [-0.39, 0.29) is 0 Å². The Hall–Kier alpha value is -6.74. The molecule has 250 valence electrons. The van der Waals surface area contributed by atoms with Gasteiger partial charge in [0, 0.05) is 30.9 Å². The van der Waals surface area contributed by atoms with E-state index in [1.54, 1.807) is 0 Å². The fraction of sp³-hybridized carbons (Fsp3) is 0. The summed E-state index contributed by atoms with van der Waals surface area (Å²) in [6, 6.07) is 66.7. The summed E-state index contributed by atoms with van der Waals surface area (Å²) < 4.78 is 9.00. The SMILES string of the molecule is c1ccc2c(-c3c4ccccc4c(-c4ccc(-c5ccc6c(c5)sc5cc7c(cc56)oc5ccc6ccccc6c57)cc4)c4ccccc34)cccc2c1. The standard InChI is InChI=1S/C52H30OS/c1-3-13-36-32(10-1)12-9-19-39(36)51-42-17-7-5-15-40(42)50(41-16-6-8-18-43(41)51)34-22-20-31(21-23-34)35-24-26-38-44-29-47-45(30-49(44)54-48(38)28-35)52-37-14-4-2-11-33(37)25-27-46(52)53-47/h1-30H. The first-order valence-corrected chi connectivity index (χ1v) is 19.3. The molecule has 54 heavy (non-hydrogen) atoms. The molecular formula is C52H30OS. The maximum Gasteiger partial charge on any atom is 0.136 e. The monoisotopic (exact) mass is 702 g/mol. The van der Waals surface area contributed by atoms with Crippen molar-refractivity contribution in [1.29, 1.82) is 0 Å². The Labute approximate surface area is 314 Å². The summed E-state index contributed by atoms with van der Waals surface area (Å²) in [7, 11) is 0. The van der Waals surface area contributed by atoms with Gasteiger partial charge in [-0.25, -0.2) is 0 Å². The van der Waals surface area contributed by atoms with Crippen molar-refractivity contribution >= 4 is 96.5 Å². The number of thiophene rings is 1. The van der Waals surface area contributed by atoms with Gasteiger partial charge in [-0.1, -0.05) is 158 Å². The second kappa shape index (κ2) is 11.4. The summed E-state index contributed by atoms with van der Waals surface area (Å²) in [6.45, 7) is 0. The molecule has 1 nitrogen and oxygen atoms in total. The van der Waals surface area contributed by atoms with Gasteiger partial charge in [0.25, 0.3) is 0 Å². The van der Waals surface area contributed by atoms with Crippen LogP contribution in [-0.2, 0) is 0 Å². The third kappa shape index (κ3) is 4.32. The van der Waals surface area contributed by atoms with Crippen LogP contribution in [0.5, 0.6) is 0 Å². The highest BCUT2D eigenvalue weighted by molar-refractivity contribution is 7.26. The molecule has 0 saturated carbocycles. The van der Waals surface area contributed by atoms with Crippen molar-refractivity contribution in [2.75, 3.05) is 0 Å². The van der Waals surface area contributed by atoms with Crippen molar-refractivity contribution in [3.63, 3.8) is 0 Å². The van der Waals surface area contributed by atoms with E-state index in [2.05, 4.69) is 182 Å². The molecular weight excluding hydrogens is 673 g/mol. The Bertz CT molecular complexity index is 3430. The van der Waals surface area contributed by atoms with E-state index < -0.39 is 0 Å². The molecule has 0 aliphatic carbocycles. The molecule has 0 atom stereocenters. The number of furan rings is 1. The molecule has 0 saturated heterocycles. The molecule has 2 heteroatoms. The average molecular weight is 703 g/mol. The Morgan fingerprint density at radius 2 is 0.889 bits per heavy atom. The minimum atomic E-state index is 0.943. The molecule has 0 N–H and O–H groups in total. The van der Waals surface area contributed by atoms with Crippen LogP contribution in [0.4, 0.5) is 0 Å². The highest BCUT2D eigenvalue weighted by Gasteiger charge is 2.19. The molecule has 2 aromatic heterocycles. The Morgan fingerprint density at radius 3 is 1.63 bits per heavy atom. The molecule has 0 unspecified atom stereocenters. The maximum atomic E-state index is 6.43. The predicted octanol–water partition coefficient (Wildman–Crippen LogP) is 15.6. The largest absolute Gasteiger partial charge is 0.456 e. The van der Waals surface area contributed by atoms with Gasteiger partial charge in [-0.2, -0.15) is 0 Å². The first-order valence-electron chi connectivity index (χ1n) is 18.5. The van der Waals surface area contributed by atoms with Crippen molar-refractivity contribution in [1.82, 2.24) is 0 Å². The van der Waals surface area contributed by atoms with Crippen LogP contribution in [0.15, 0.2) is 186 Å². The van der Waals surface area contributed by atoms with Gasteiger partial charge in [0.1, 0.15) is 11.2 Å². The molecule has 0 spiro atoms. The number of rotatable bonds is 3. The van der Waals surface area contributed by atoms with Gasteiger partial charge in [0.2, 0.25) is 0 Å². The topological polar surface area (TPSA) is 13.1 Å². The highest BCUT2D eigenvalue weighted by atomic mass is 32.1. The van der Waals surface area contributed by atoms with Gasteiger partial charge >= 0.3 is 0 Å². The van der Waals surface area contributed by atoms with Crippen molar-refractivity contribution in [2.24, 2.45) is 0 Å². The van der Waals surface area contributed by atoms with Gasteiger partial charge in [-0.15, -0.1) is 11.3 Å². The van der Waals surface area contributed by atoms with Crippen LogP contribution in [0.25, 0.3) is 119 Å². The van der Waals surface area contributed by atoms with Crippen LogP contribution in [0.1, 0.15) is 0 Å². The first-order chi connectivity index (χ1) is 26.8. The number of hydrogen-bond donors (Lipinski definition) is 0. The zero-order chi connectivity index (χ0) is 35.3. The summed E-state index contributed by atoms with van der Waals surface area (Å²) in [6.07, 6.45) is 0. The number of hydrogen-bond acceptors (Lipinski definition) is 2. The fourth-order valence-corrected chi connectivity index (χ4v) is 10.2. The lowest BCUT2D eigenvalue weighted by Gasteiger charge is -2.19. The summed E-state index contributed by atoms with van der Waals surface area (Å²) in [5.74, 6) is 0. The number of benzene rings is 10. The van der Waals surface area contributed by atoms with Gasteiger partial charge in [0.15, 0.2) is 0 Å². The predicted molar refractivity (Wildman–Crippen MR) is 233 cm³/mol. The Morgan fingerprint density at radius 1 is 0.315 bits per heavy atom. The quantitative estimate of drug-likeness (QED) is 0.167. The van der Waals surface area contributed by atoms with Gasteiger partial charge in [-0.3, -0.25) is 0 Å². The lowest BCUT2D eigenvalue weighted by molar-refractivity contribution is 0.670. The zero-order valence-electron chi connectivity index (χ0n) is 29.1. The number of fused-ring (bicyclic) bond motifs is 11. The fourth-order valence-electron chi connectivity index (χ4n) is 9.00. The van der Waals surface area contributed by atoms with Gasteiger partial charge in [-0.05, 0) is 101 Å². The van der Waals surface area contributed by atoms with E-state index in [1.807, 2.05) is 11.3 Å². The van der Waals surface area contributed by atoms with Crippen LogP contribution in [0.3, 0.4) is 0 Å². The van der Waals surface area contributed by atoms with Crippen LogP contribution < -0.4 is 0 Å². The molecule has 2 heterocycles. The molecule has 0 fully saturated rings. The van der Waals surface area contributed by atoms with Crippen LogP contribution in [-0.4, -0.2) is 0 Å². The van der Waals surface area contributed by atoms with Crippen LogP contribution in [0.2, 0.25) is 0 Å². The van der Waals surface area contributed by atoms with Gasteiger partial charge in [0.05, 0.1) is 0 Å². The molecule has 0 aliphatic heterocycles. The third-order valence-corrected chi connectivity index (χ3v) is 12.6. The van der Waals surface area contributed by atoms with E-state index in [1.165, 1.54) is 107 Å². The molecule has 0 radical (unpaired) electrons. The van der Waals surface area contributed by atoms with Crippen molar-refractivity contribution in [2.45, 2.75) is 0 Å². The Balaban J connectivity index is 0.984. The molecule has 10 aromatic carbocycles. The third-order valence-electron chi connectivity index (χ3n) is 11.5. The van der Waals surface area contributed by atoms with E-state index >= 15 is 0 Å². The summed E-state index contributed by atoms with van der Waals surface area (Å²) in [5, 5.41) is 15.0. The van der Waals surface area contributed by atoms with E-state index in [4.69, 9.17) is 4.42 Å². The Kier molecular flexibility index (Phi) is 6.28. The van der Waals surface area contributed by atoms with E-state index in [0.29, 0.717) is 0 Å². The normalized spacial score (nSPS) is 12.1. The summed E-state index contributed by atoms with van der Waals surface area (Å²) in [5.41, 5.74) is 9.39. The van der Waals surface area contributed by atoms with Crippen molar-refractivity contribution < 1.29 is 4.42 Å². The lowest BCUT2D eigenvalue weighted by atomic mass is 9.84. The minimum Gasteiger partial charge on any atom is -0.456 e. The molecule has 0 amide bonds. The highest BCUT2D eigenvalue weighted by Crippen LogP contribution is 2.46. The maximum absolute atomic E-state index is 6.43. The molecule has 0 aliphatic rings. The second-order valence-electron chi connectivity index (χ2n) is 14.4. The lowest BCUT2D eigenvalue weighted by Crippen LogP contribution is -1.91.